The fraction of sp³-hybridized carbons (Fsp3) is 0.478. The second kappa shape index (κ2) is 10.9. The maximum atomic E-state index is 12.9. The number of benzene rings is 2. The van der Waals surface area contributed by atoms with E-state index in [0.717, 1.165) is 12.8 Å². The van der Waals surface area contributed by atoms with Crippen molar-refractivity contribution in [3.05, 3.63) is 54.1 Å². The van der Waals surface area contributed by atoms with Crippen molar-refractivity contribution >= 4 is 10.0 Å². The lowest BCUT2D eigenvalue weighted by Gasteiger charge is -2.32. The van der Waals surface area contributed by atoms with Gasteiger partial charge in [0.15, 0.2) is 0 Å². The molecule has 8 heteroatoms. The normalized spacial score (nSPS) is 16.8. The predicted octanol–water partition coefficient (Wildman–Crippen LogP) is 3.05. The number of piperidine rings is 1. The van der Waals surface area contributed by atoms with E-state index in [1.54, 1.807) is 48.5 Å². The molecule has 31 heavy (non-hydrogen) atoms. The minimum atomic E-state index is -3.53. The zero-order valence-corrected chi connectivity index (χ0v) is 18.7. The number of phenolic OH excluding ortho intramolecular Hbond substituents is 1. The molecule has 0 aromatic heterocycles. The van der Waals surface area contributed by atoms with Gasteiger partial charge in [0.25, 0.3) is 0 Å². The van der Waals surface area contributed by atoms with Crippen LogP contribution in [0.1, 0.15) is 44.3 Å². The molecule has 0 saturated carbocycles. The molecule has 1 aliphatic rings. The molecule has 3 N–H and O–H groups in total. The molecule has 0 aliphatic carbocycles. The van der Waals surface area contributed by atoms with Crippen molar-refractivity contribution in [2.45, 2.75) is 49.6 Å². The Kier molecular flexibility index (Phi) is 8.31. The first kappa shape index (κ1) is 23.5. The van der Waals surface area contributed by atoms with Crippen LogP contribution in [0.5, 0.6) is 11.5 Å². The summed E-state index contributed by atoms with van der Waals surface area (Å²) >= 11 is 0. The number of hydrogen-bond donors (Lipinski definition) is 3. The quantitative estimate of drug-likeness (QED) is 0.483. The van der Waals surface area contributed by atoms with Crippen molar-refractivity contribution in [3.63, 3.8) is 0 Å². The molecule has 1 atom stereocenters. The van der Waals surface area contributed by atoms with E-state index in [-0.39, 0.29) is 16.7 Å². The Balaban J connectivity index is 1.49. The number of sulfonamides is 1. The van der Waals surface area contributed by atoms with E-state index < -0.39 is 16.1 Å². The van der Waals surface area contributed by atoms with Crippen LogP contribution in [0.2, 0.25) is 0 Å². The summed E-state index contributed by atoms with van der Waals surface area (Å²) in [7, 11) is -3.53. The Morgan fingerprint density at radius 3 is 2.52 bits per heavy atom. The molecule has 3 rings (SSSR count). The van der Waals surface area contributed by atoms with Gasteiger partial charge in [0.1, 0.15) is 11.5 Å². The highest BCUT2D eigenvalue weighted by molar-refractivity contribution is 7.89. The zero-order chi connectivity index (χ0) is 22.3. The van der Waals surface area contributed by atoms with Gasteiger partial charge < -0.3 is 20.3 Å². The third kappa shape index (κ3) is 6.43. The average molecular weight is 449 g/mol. The van der Waals surface area contributed by atoms with Gasteiger partial charge in [-0.15, -0.1) is 0 Å². The van der Waals surface area contributed by atoms with Crippen molar-refractivity contribution < 1.29 is 23.4 Å². The predicted molar refractivity (Wildman–Crippen MR) is 120 cm³/mol. The van der Waals surface area contributed by atoms with Crippen molar-refractivity contribution in [3.8, 4) is 11.5 Å². The van der Waals surface area contributed by atoms with Gasteiger partial charge in [-0.25, -0.2) is 8.42 Å². The molecule has 0 amide bonds. The molecule has 0 spiro atoms. The number of hydrogen-bond acceptors (Lipinski definition) is 6. The summed E-state index contributed by atoms with van der Waals surface area (Å²) in [6.07, 6.45) is 2.63. The first-order chi connectivity index (χ1) is 14.9. The van der Waals surface area contributed by atoms with Crippen LogP contribution in [0.3, 0.4) is 0 Å². The molecule has 1 unspecified atom stereocenters. The summed E-state index contributed by atoms with van der Waals surface area (Å²) < 4.78 is 33.0. The first-order valence-electron chi connectivity index (χ1n) is 10.8. The van der Waals surface area contributed by atoms with Crippen molar-refractivity contribution in [1.29, 1.82) is 0 Å². The van der Waals surface area contributed by atoms with Crippen LogP contribution in [0.25, 0.3) is 0 Å². The third-order valence-corrected chi connectivity index (χ3v) is 7.45. The molecule has 0 bridgehead atoms. The number of aromatic hydroxyl groups is 1. The van der Waals surface area contributed by atoms with Crippen molar-refractivity contribution in [2.24, 2.45) is 0 Å². The van der Waals surface area contributed by atoms with Gasteiger partial charge >= 0.3 is 0 Å². The fourth-order valence-corrected chi connectivity index (χ4v) is 5.09. The third-order valence-electron chi connectivity index (χ3n) is 5.54. The first-order valence-corrected chi connectivity index (χ1v) is 12.3. The SMILES string of the molecule is CCCCOc1ccc(S(=O)(=O)N2CCC(NCC(O)c3cccc(O)c3)CC2)cc1. The minimum Gasteiger partial charge on any atom is -0.508 e. The smallest absolute Gasteiger partial charge is 0.243 e. The highest BCUT2D eigenvalue weighted by atomic mass is 32.2. The van der Waals surface area contributed by atoms with E-state index >= 15 is 0 Å². The Morgan fingerprint density at radius 2 is 1.87 bits per heavy atom. The van der Waals surface area contributed by atoms with E-state index in [4.69, 9.17) is 4.74 Å². The number of aliphatic hydroxyl groups excluding tert-OH is 1. The van der Waals surface area contributed by atoms with Crippen LogP contribution in [-0.4, -0.2) is 55.2 Å². The maximum absolute atomic E-state index is 12.9. The van der Waals surface area contributed by atoms with Crippen molar-refractivity contribution in [2.75, 3.05) is 26.2 Å². The van der Waals surface area contributed by atoms with Crippen LogP contribution in [0.15, 0.2) is 53.4 Å². The van der Waals surface area contributed by atoms with Crippen LogP contribution in [0, 0.1) is 0 Å². The number of ether oxygens (including phenoxy) is 1. The Labute approximate surface area is 184 Å². The monoisotopic (exact) mass is 448 g/mol. The number of nitrogens with one attached hydrogen (secondary N) is 1. The second-order valence-electron chi connectivity index (χ2n) is 7.87. The van der Waals surface area contributed by atoms with Gasteiger partial charge in [-0.1, -0.05) is 25.5 Å². The number of nitrogens with zero attached hydrogens (tertiary/aromatic N) is 1. The highest BCUT2D eigenvalue weighted by Gasteiger charge is 2.29. The number of rotatable bonds is 10. The zero-order valence-electron chi connectivity index (χ0n) is 17.9. The topological polar surface area (TPSA) is 99.1 Å². The lowest BCUT2D eigenvalue weighted by Crippen LogP contribution is -2.45. The molecule has 1 heterocycles. The highest BCUT2D eigenvalue weighted by Crippen LogP contribution is 2.24. The van der Waals surface area contributed by atoms with E-state index in [2.05, 4.69) is 12.2 Å². The summed E-state index contributed by atoms with van der Waals surface area (Å²) in [6, 6.07) is 13.3. The van der Waals surface area contributed by atoms with Gasteiger partial charge in [0.05, 0.1) is 17.6 Å². The molecule has 2 aromatic rings. The molecule has 2 aromatic carbocycles. The molecule has 170 valence electrons. The number of unbranched alkanes of at least 4 members (excludes halogenated alkanes) is 1. The van der Waals surface area contributed by atoms with Crippen LogP contribution < -0.4 is 10.1 Å². The fourth-order valence-electron chi connectivity index (χ4n) is 3.62. The Hall–Kier alpha value is -2.13. The summed E-state index contributed by atoms with van der Waals surface area (Å²) in [5.41, 5.74) is 0.648. The van der Waals surface area contributed by atoms with Crippen LogP contribution in [0.4, 0.5) is 0 Å². The molecular weight excluding hydrogens is 416 g/mol. The molecule has 1 saturated heterocycles. The van der Waals surface area contributed by atoms with Gasteiger partial charge in [-0.2, -0.15) is 4.31 Å². The lowest BCUT2D eigenvalue weighted by molar-refractivity contribution is 0.162. The van der Waals surface area contributed by atoms with Gasteiger partial charge in [0.2, 0.25) is 10.0 Å². The van der Waals surface area contributed by atoms with E-state index in [1.165, 1.54) is 4.31 Å². The molecule has 0 radical (unpaired) electrons. The molecule has 7 nitrogen and oxygen atoms in total. The van der Waals surface area contributed by atoms with E-state index in [0.29, 0.717) is 50.4 Å². The summed E-state index contributed by atoms with van der Waals surface area (Å²) in [4.78, 5) is 0.279. The second-order valence-corrected chi connectivity index (χ2v) is 9.81. The Bertz CT molecular complexity index is 925. The number of aliphatic hydroxyl groups is 1. The maximum Gasteiger partial charge on any atom is 0.243 e. The van der Waals surface area contributed by atoms with Gasteiger partial charge in [0, 0.05) is 25.7 Å². The summed E-state index contributed by atoms with van der Waals surface area (Å²) in [5.74, 6) is 0.802. The van der Waals surface area contributed by atoms with Gasteiger partial charge in [-0.05, 0) is 61.2 Å². The summed E-state index contributed by atoms with van der Waals surface area (Å²) in [6.45, 7) is 3.92. The van der Waals surface area contributed by atoms with Gasteiger partial charge in [-0.3, -0.25) is 0 Å². The van der Waals surface area contributed by atoms with Crippen molar-refractivity contribution in [1.82, 2.24) is 9.62 Å². The molecular formula is C23H32N2O5S. The minimum absolute atomic E-state index is 0.121. The van der Waals surface area contributed by atoms with E-state index in [9.17, 15) is 18.6 Å². The lowest BCUT2D eigenvalue weighted by atomic mass is 10.1. The van der Waals surface area contributed by atoms with Crippen LogP contribution >= 0.6 is 0 Å². The molecule has 1 fully saturated rings. The number of phenols is 1. The standard InChI is InChI=1S/C23H32N2O5S/c1-2-3-15-30-21-7-9-22(10-8-21)31(28,29)25-13-11-19(12-14-25)24-17-23(27)18-5-4-6-20(26)16-18/h4-10,16,19,23-24,26-27H,2-3,11-15,17H2,1H3. The van der Waals surface area contributed by atoms with Crippen LogP contribution in [-0.2, 0) is 10.0 Å². The largest absolute Gasteiger partial charge is 0.508 e. The summed E-state index contributed by atoms with van der Waals surface area (Å²) in [5, 5.41) is 23.2. The van der Waals surface area contributed by atoms with E-state index in [1.807, 2.05) is 0 Å². The molecule has 1 aliphatic heterocycles. The Morgan fingerprint density at radius 1 is 1.16 bits per heavy atom. The average Bonchev–Trinajstić information content (AvgIpc) is 2.78.